The third-order valence-corrected chi connectivity index (χ3v) is 1.14. The van der Waals surface area contributed by atoms with Gasteiger partial charge in [0.05, 0.1) is 0 Å². The molecule has 1 unspecified atom stereocenters. The van der Waals surface area contributed by atoms with Gasteiger partial charge in [-0.25, -0.2) is 0 Å². The maximum absolute atomic E-state index is 10.0. The van der Waals surface area contributed by atoms with E-state index in [1.54, 1.807) is 6.92 Å². The Kier molecular flexibility index (Phi) is 3.86. The lowest BCUT2D eigenvalue weighted by Gasteiger charge is -2.03. The zero-order valence-corrected chi connectivity index (χ0v) is 5.93. The van der Waals surface area contributed by atoms with E-state index in [1.807, 2.05) is 0 Å². The Morgan fingerprint density at radius 1 is 1.45 bits per heavy atom. The van der Waals surface area contributed by atoms with Crippen molar-refractivity contribution in [3.05, 3.63) is 20.2 Å². The quantitative estimate of drug-likeness (QED) is 0.428. The molecule has 1 atom stereocenters. The molecule has 0 amide bonds. The van der Waals surface area contributed by atoms with E-state index in [-0.39, 0.29) is 6.42 Å². The van der Waals surface area contributed by atoms with Crippen LogP contribution in [0.4, 0.5) is 0 Å². The molecule has 0 aliphatic heterocycles. The van der Waals surface area contributed by atoms with Gasteiger partial charge in [0.25, 0.3) is 5.09 Å². The van der Waals surface area contributed by atoms with Crippen LogP contribution in [0.1, 0.15) is 13.3 Å². The summed E-state index contributed by atoms with van der Waals surface area (Å²) in [5.41, 5.74) is 0. The van der Waals surface area contributed by atoms with Crippen molar-refractivity contribution in [2.24, 2.45) is 0 Å². The Hall–Kier alpha value is -1.40. The van der Waals surface area contributed by atoms with Crippen molar-refractivity contribution < 1.29 is 14.8 Å². The minimum absolute atomic E-state index is 0.223. The third-order valence-electron chi connectivity index (χ3n) is 1.14. The Bertz CT molecular complexity index is 159. The fourth-order valence-electron chi connectivity index (χ4n) is 0.475. The summed E-state index contributed by atoms with van der Waals surface area (Å²) in [4.78, 5) is 22.9. The van der Waals surface area contributed by atoms with Crippen LogP contribution in [-0.2, 0) is 4.84 Å². The van der Waals surface area contributed by atoms with E-state index >= 15 is 0 Å². The van der Waals surface area contributed by atoms with Gasteiger partial charge >= 0.3 is 0 Å². The van der Waals surface area contributed by atoms with Crippen LogP contribution in [0, 0.1) is 20.2 Å². The highest BCUT2D eigenvalue weighted by molar-refractivity contribution is 4.48. The standard InChI is InChI=1S/C4H8N2O5/c1-2-4(5(7)8)3-11-6(9)10/h4H,2-3H2,1H3. The predicted octanol–water partition coefficient (Wildman–Crippen LogP) is 0.250. The lowest BCUT2D eigenvalue weighted by Crippen LogP contribution is -2.25. The summed E-state index contributed by atoms with van der Waals surface area (Å²) in [6.45, 7) is 1.09. The van der Waals surface area contributed by atoms with Gasteiger partial charge in [-0.15, -0.1) is 10.1 Å². The van der Waals surface area contributed by atoms with Gasteiger partial charge in [-0.2, -0.15) is 0 Å². The first-order valence-electron chi connectivity index (χ1n) is 2.98. The van der Waals surface area contributed by atoms with Gasteiger partial charge in [-0.3, -0.25) is 10.1 Å². The molecule has 0 bridgehead atoms. The normalized spacial score (nSPS) is 12.1. The number of rotatable bonds is 5. The molecule has 0 radical (unpaired) electrons. The number of hydrogen-bond donors (Lipinski definition) is 0. The molecular weight excluding hydrogens is 156 g/mol. The van der Waals surface area contributed by atoms with Crippen molar-refractivity contribution in [2.45, 2.75) is 19.4 Å². The van der Waals surface area contributed by atoms with Crippen LogP contribution >= 0.6 is 0 Å². The van der Waals surface area contributed by atoms with Crippen LogP contribution in [-0.4, -0.2) is 22.7 Å². The molecule has 0 aromatic carbocycles. The number of hydrogen-bond acceptors (Lipinski definition) is 5. The molecule has 0 N–H and O–H groups in total. The van der Waals surface area contributed by atoms with E-state index < -0.39 is 22.7 Å². The molecule has 0 aromatic heterocycles. The van der Waals surface area contributed by atoms with Crippen LogP contribution in [0.25, 0.3) is 0 Å². The Morgan fingerprint density at radius 2 is 2.00 bits per heavy atom. The fourth-order valence-corrected chi connectivity index (χ4v) is 0.475. The van der Waals surface area contributed by atoms with Gasteiger partial charge in [0.2, 0.25) is 6.04 Å². The molecular formula is C4H8N2O5. The first-order valence-corrected chi connectivity index (χ1v) is 2.98. The van der Waals surface area contributed by atoms with Gasteiger partial charge in [0.1, 0.15) is 0 Å². The molecule has 11 heavy (non-hydrogen) atoms. The molecule has 0 aliphatic rings. The van der Waals surface area contributed by atoms with Gasteiger partial charge in [0, 0.05) is 11.3 Å². The lowest BCUT2D eigenvalue weighted by atomic mass is 10.3. The van der Waals surface area contributed by atoms with Crippen molar-refractivity contribution in [1.29, 1.82) is 0 Å². The second kappa shape index (κ2) is 4.42. The van der Waals surface area contributed by atoms with Crippen molar-refractivity contribution in [3.63, 3.8) is 0 Å². The van der Waals surface area contributed by atoms with E-state index in [9.17, 15) is 20.2 Å². The lowest BCUT2D eigenvalue weighted by molar-refractivity contribution is -0.765. The van der Waals surface area contributed by atoms with E-state index in [4.69, 9.17) is 0 Å². The first kappa shape index (κ1) is 9.60. The van der Waals surface area contributed by atoms with Crippen molar-refractivity contribution >= 4 is 0 Å². The molecule has 0 aromatic rings. The smallest absolute Gasteiger partial charge is 0.294 e. The molecule has 0 saturated heterocycles. The van der Waals surface area contributed by atoms with E-state index in [0.717, 1.165) is 0 Å². The van der Waals surface area contributed by atoms with Gasteiger partial charge in [-0.05, 0) is 0 Å². The molecule has 7 heteroatoms. The largest absolute Gasteiger partial charge is 0.307 e. The monoisotopic (exact) mass is 164 g/mol. The molecule has 0 rings (SSSR count). The number of nitrogens with zero attached hydrogens (tertiary/aromatic N) is 2. The summed E-state index contributed by atoms with van der Waals surface area (Å²) in [6, 6.07) is -0.986. The second-order valence-corrected chi connectivity index (χ2v) is 1.87. The summed E-state index contributed by atoms with van der Waals surface area (Å²) >= 11 is 0. The average Bonchev–Trinajstić information content (AvgIpc) is 1.87. The van der Waals surface area contributed by atoms with Crippen molar-refractivity contribution in [2.75, 3.05) is 6.61 Å². The van der Waals surface area contributed by atoms with Crippen LogP contribution in [0.15, 0.2) is 0 Å². The van der Waals surface area contributed by atoms with Crippen LogP contribution in [0.3, 0.4) is 0 Å². The van der Waals surface area contributed by atoms with Crippen molar-refractivity contribution in [3.8, 4) is 0 Å². The average molecular weight is 164 g/mol. The Morgan fingerprint density at radius 3 is 2.27 bits per heavy atom. The van der Waals surface area contributed by atoms with Crippen molar-refractivity contribution in [1.82, 2.24) is 0 Å². The Labute approximate surface area is 62.2 Å². The van der Waals surface area contributed by atoms with Gasteiger partial charge in [0.15, 0.2) is 6.61 Å². The highest BCUT2D eigenvalue weighted by Gasteiger charge is 2.18. The van der Waals surface area contributed by atoms with Crippen LogP contribution in [0.5, 0.6) is 0 Å². The van der Waals surface area contributed by atoms with Crippen LogP contribution in [0.2, 0.25) is 0 Å². The summed E-state index contributed by atoms with van der Waals surface area (Å²) in [5, 5.41) is 18.6. The first-order chi connectivity index (χ1) is 5.07. The SMILES string of the molecule is CCC(CO[N+](=O)[O-])[N+](=O)[O-]. The minimum atomic E-state index is -1.04. The highest BCUT2D eigenvalue weighted by atomic mass is 17.0. The second-order valence-electron chi connectivity index (χ2n) is 1.87. The molecule has 7 nitrogen and oxygen atoms in total. The summed E-state index contributed by atoms with van der Waals surface area (Å²) in [5.74, 6) is 0. The van der Waals surface area contributed by atoms with E-state index in [0.29, 0.717) is 0 Å². The maximum atomic E-state index is 10.0. The van der Waals surface area contributed by atoms with Gasteiger partial charge < -0.3 is 4.84 Å². The van der Waals surface area contributed by atoms with E-state index in [2.05, 4.69) is 4.84 Å². The van der Waals surface area contributed by atoms with E-state index in [1.165, 1.54) is 0 Å². The zero-order chi connectivity index (χ0) is 8.85. The minimum Gasteiger partial charge on any atom is -0.307 e. The predicted molar refractivity (Wildman–Crippen MR) is 34.0 cm³/mol. The Balaban J connectivity index is 3.70. The van der Waals surface area contributed by atoms with Crippen LogP contribution < -0.4 is 0 Å². The third kappa shape index (κ3) is 4.06. The molecule has 64 valence electrons. The number of nitro groups is 1. The molecule has 0 aliphatic carbocycles. The van der Waals surface area contributed by atoms with Gasteiger partial charge in [-0.1, -0.05) is 6.92 Å². The maximum Gasteiger partial charge on any atom is 0.294 e. The molecule has 0 fully saturated rings. The summed E-state index contributed by atoms with van der Waals surface area (Å²) < 4.78 is 0. The topological polar surface area (TPSA) is 95.5 Å². The molecule has 0 saturated carbocycles. The summed E-state index contributed by atoms with van der Waals surface area (Å²) in [6.07, 6.45) is 0.223. The fraction of sp³-hybridized carbons (Fsp3) is 1.00. The highest BCUT2D eigenvalue weighted by Crippen LogP contribution is 1.96. The zero-order valence-electron chi connectivity index (χ0n) is 5.93. The molecule has 0 spiro atoms. The summed E-state index contributed by atoms with van der Waals surface area (Å²) in [7, 11) is 0. The molecule has 0 heterocycles.